The number of aryl methyl sites for hydroxylation is 1. The number of anilines is 2. The number of amides is 1. The number of halogens is 1. The van der Waals surface area contributed by atoms with E-state index in [1.54, 1.807) is 31.4 Å². The van der Waals surface area contributed by atoms with Gasteiger partial charge in [0, 0.05) is 22.2 Å². The lowest BCUT2D eigenvalue weighted by Crippen LogP contribution is -2.17. The summed E-state index contributed by atoms with van der Waals surface area (Å²) in [5.41, 5.74) is 9.43. The van der Waals surface area contributed by atoms with Crippen LogP contribution < -0.4 is 29.7 Å². The number of carbonyl (C=O) groups is 1. The van der Waals surface area contributed by atoms with Gasteiger partial charge in [-0.05, 0) is 72.1 Å². The molecule has 0 spiro atoms. The minimum Gasteiger partial charge on any atom is -0.493 e. The number of nitrogens with one attached hydrogen (secondary N) is 2. The Hall–Kier alpha value is -5.84. The van der Waals surface area contributed by atoms with E-state index in [1.165, 1.54) is 30.2 Å². The first kappa shape index (κ1) is 35.0. The molecular weight excluding hydrogens is 684 g/mol. The first-order valence-corrected chi connectivity index (χ1v) is 17.2. The number of hydrazone groups is 1. The number of methoxy groups -OCH3 is 2. The number of aromatic nitrogens is 1. The Kier molecular flexibility index (Phi) is 11.5. The molecule has 6 aromatic rings. The summed E-state index contributed by atoms with van der Waals surface area (Å²) in [5.74, 6) is 1.66. The molecule has 5 aromatic carbocycles. The van der Waals surface area contributed by atoms with E-state index < -0.39 is 0 Å². The molecule has 0 fully saturated rings. The molecule has 9 nitrogen and oxygen atoms in total. The van der Waals surface area contributed by atoms with Gasteiger partial charge < -0.3 is 24.3 Å². The lowest BCUT2D eigenvalue weighted by molar-refractivity contribution is 0.0955. The predicted molar refractivity (Wildman–Crippen MR) is 203 cm³/mol. The van der Waals surface area contributed by atoms with Crippen molar-refractivity contribution in [3.8, 4) is 34.3 Å². The molecule has 6 rings (SSSR count). The normalized spacial score (nSPS) is 10.9. The minimum atomic E-state index is -0.359. The summed E-state index contributed by atoms with van der Waals surface area (Å²) in [6, 6.07) is 34.3. The van der Waals surface area contributed by atoms with E-state index >= 15 is 0 Å². The van der Waals surface area contributed by atoms with Crippen LogP contribution in [0.1, 0.15) is 32.6 Å². The van der Waals surface area contributed by atoms with Gasteiger partial charge in [-0.1, -0.05) is 77.8 Å². The molecule has 1 aromatic heterocycles. The molecule has 11 heteroatoms. The van der Waals surface area contributed by atoms with Crippen molar-refractivity contribution >= 4 is 45.9 Å². The Labute approximate surface area is 305 Å². The number of benzene rings is 5. The van der Waals surface area contributed by atoms with Crippen molar-refractivity contribution in [2.24, 2.45) is 5.10 Å². The standard InChI is InChI=1S/C40H35ClN4O5S/c1-26-9-16-32(17-10-26)43-40-44-34(25-51-40)30-12-14-31(15-13-30)39(46)45-42-22-29-19-33(41)38(37(21-29)48-3)50-24-28-11-18-35(36(20-28)47-2)49-23-27-7-5-4-6-8-27/h4-22,25H,23-24H2,1-3H3,(H,43,44)(H,45,46)/b42-22+. The maximum absolute atomic E-state index is 12.8. The summed E-state index contributed by atoms with van der Waals surface area (Å²) in [4.78, 5) is 17.5. The second-order valence-corrected chi connectivity index (χ2v) is 12.7. The molecule has 0 radical (unpaired) electrons. The molecule has 0 unspecified atom stereocenters. The van der Waals surface area contributed by atoms with Crippen molar-refractivity contribution < 1.29 is 23.7 Å². The lowest BCUT2D eigenvalue weighted by Gasteiger charge is -2.15. The smallest absolute Gasteiger partial charge is 0.271 e. The molecule has 258 valence electrons. The number of hydrogen-bond donors (Lipinski definition) is 2. The highest BCUT2D eigenvalue weighted by atomic mass is 35.5. The van der Waals surface area contributed by atoms with Crippen molar-refractivity contribution in [2.75, 3.05) is 19.5 Å². The molecule has 0 aliphatic rings. The third-order valence-electron chi connectivity index (χ3n) is 7.73. The van der Waals surface area contributed by atoms with E-state index in [0.29, 0.717) is 45.8 Å². The Bertz CT molecular complexity index is 2120. The molecule has 0 aliphatic carbocycles. The third kappa shape index (κ3) is 9.24. The van der Waals surface area contributed by atoms with Crippen LogP contribution in [0, 0.1) is 6.92 Å². The van der Waals surface area contributed by atoms with Gasteiger partial charge in [-0.3, -0.25) is 4.79 Å². The van der Waals surface area contributed by atoms with E-state index in [-0.39, 0.29) is 12.5 Å². The van der Waals surface area contributed by atoms with E-state index in [1.807, 2.05) is 90.3 Å². The van der Waals surface area contributed by atoms with Gasteiger partial charge in [0.2, 0.25) is 0 Å². The Morgan fingerprint density at radius 3 is 2.31 bits per heavy atom. The van der Waals surface area contributed by atoms with Gasteiger partial charge in [0.1, 0.15) is 13.2 Å². The summed E-state index contributed by atoms with van der Waals surface area (Å²) in [5, 5.41) is 10.5. The van der Waals surface area contributed by atoms with Gasteiger partial charge in [0.15, 0.2) is 28.1 Å². The van der Waals surface area contributed by atoms with Crippen LogP contribution in [0.15, 0.2) is 120 Å². The molecule has 0 saturated heterocycles. The second kappa shape index (κ2) is 16.7. The highest BCUT2D eigenvalue weighted by molar-refractivity contribution is 7.14. The highest BCUT2D eigenvalue weighted by Gasteiger charge is 2.14. The van der Waals surface area contributed by atoms with Crippen LogP contribution in [0.25, 0.3) is 11.3 Å². The fourth-order valence-electron chi connectivity index (χ4n) is 5.01. The van der Waals surface area contributed by atoms with Crippen molar-refractivity contribution in [1.82, 2.24) is 10.4 Å². The zero-order chi connectivity index (χ0) is 35.6. The van der Waals surface area contributed by atoms with Crippen molar-refractivity contribution in [1.29, 1.82) is 0 Å². The van der Waals surface area contributed by atoms with Gasteiger partial charge in [0.25, 0.3) is 5.91 Å². The average molecular weight is 719 g/mol. The van der Waals surface area contributed by atoms with Gasteiger partial charge in [-0.25, -0.2) is 10.4 Å². The number of carbonyl (C=O) groups excluding carboxylic acids is 1. The Morgan fingerprint density at radius 2 is 1.57 bits per heavy atom. The third-order valence-corrected chi connectivity index (χ3v) is 8.77. The fraction of sp³-hybridized carbons (Fsp3) is 0.125. The van der Waals surface area contributed by atoms with E-state index in [2.05, 4.69) is 27.8 Å². The zero-order valence-corrected chi connectivity index (χ0v) is 29.8. The minimum absolute atomic E-state index is 0.210. The number of thiazole rings is 1. The fourth-order valence-corrected chi connectivity index (χ4v) is 6.03. The quantitative estimate of drug-likeness (QED) is 0.0854. The first-order valence-electron chi connectivity index (χ1n) is 16.0. The summed E-state index contributed by atoms with van der Waals surface area (Å²) in [6.07, 6.45) is 1.49. The Morgan fingerprint density at radius 1 is 0.824 bits per heavy atom. The number of hydrogen-bond acceptors (Lipinski definition) is 9. The summed E-state index contributed by atoms with van der Waals surface area (Å²) in [6.45, 7) is 2.69. The first-order chi connectivity index (χ1) is 24.9. The predicted octanol–water partition coefficient (Wildman–Crippen LogP) is 9.45. The van der Waals surface area contributed by atoms with Gasteiger partial charge in [-0.15, -0.1) is 11.3 Å². The highest BCUT2D eigenvalue weighted by Crippen LogP contribution is 2.37. The number of rotatable bonds is 14. The van der Waals surface area contributed by atoms with Crippen LogP contribution in [0.2, 0.25) is 5.02 Å². The lowest BCUT2D eigenvalue weighted by atomic mass is 10.1. The van der Waals surface area contributed by atoms with Crippen molar-refractivity contribution in [3.05, 3.63) is 147 Å². The number of nitrogens with zero attached hydrogens (tertiary/aromatic N) is 2. The van der Waals surface area contributed by atoms with Gasteiger partial charge >= 0.3 is 0 Å². The molecular formula is C40H35ClN4O5S. The van der Waals surface area contributed by atoms with Crippen LogP contribution in [-0.2, 0) is 13.2 Å². The maximum atomic E-state index is 12.8. The van der Waals surface area contributed by atoms with E-state index in [4.69, 9.17) is 30.5 Å². The topological polar surface area (TPSA) is 103 Å². The summed E-state index contributed by atoms with van der Waals surface area (Å²) >= 11 is 8.12. The second-order valence-electron chi connectivity index (χ2n) is 11.4. The van der Waals surface area contributed by atoms with Crippen LogP contribution >= 0.6 is 22.9 Å². The largest absolute Gasteiger partial charge is 0.493 e. The van der Waals surface area contributed by atoms with E-state index in [9.17, 15) is 4.79 Å². The summed E-state index contributed by atoms with van der Waals surface area (Å²) < 4.78 is 23.1. The molecule has 0 aliphatic heterocycles. The Balaban J connectivity index is 1.03. The number of ether oxygens (including phenoxy) is 4. The SMILES string of the molecule is COc1cc(COc2c(Cl)cc(/C=N/NC(=O)c3ccc(-c4csc(Nc5ccc(C)cc5)n4)cc3)cc2OC)ccc1OCc1ccccc1. The van der Waals surface area contributed by atoms with Crippen LogP contribution in [0.3, 0.4) is 0 Å². The molecule has 1 heterocycles. The van der Waals surface area contributed by atoms with Gasteiger partial charge in [-0.2, -0.15) is 5.10 Å². The van der Waals surface area contributed by atoms with Crippen LogP contribution in [0.5, 0.6) is 23.0 Å². The average Bonchev–Trinajstić information content (AvgIpc) is 3.63. The zero-order valence-electron chi connectivity index (χ0n) is 28.2. The molecule has 51 heavy (non-hydrogen) atoms. The van der Waals surface area contributed by atoms with Crippen molar-refractivity contribution in [3.63, 3.8) is 0 Å². The molecule has 2 N–H and O–H groups in total. The van der Waals surface area contributed by atoms with Crippen LogP contribution in [-0.4, -0.2) is 31.3 Å². The van der Waals surface area contributed by atoms with E-state index in [0.717, 1.165) is 33.2 Å². The molecule has 1 amide bonds. The summed E-state index contributed by atoms with van der Waals surface area (Å²) in [7, 11) is 3.12. The maximum Gasteiger partial charge on any atom is 0.271 e. The van der Waals surface area contributed by atoms with Gasteiger partial charge in [0.05, 0.1) is 31.2 Å². The monoisotopic (exact) mass is 718 g/mol. The molecule has 0 bridgehead atoms. The molecule has 0 saturated carbocycles. The van der Waals surface area contributed by atoms with Crippen LogP contribution in [0.4, 0.5) is 10.8 Å². The molecule has 0 atom stereocenters. The van der Waals surface area contributed by atoms with Crippen molar-refractivity contribution in [2.45, 2.75) is 20.1 Å².